The van der Waals surface area contributed by atoms with Crippen LogP contribution in [0.25, 0.3) is 0 Å². The van der Waals surface area contributed by atoms with E-state index in [4.69, 9.17) is 0 Å². The van der Waals surface area contributed by atoms with Gasteiger partial charge in [0.05, 0.1) is 18.2 Å². The Morgan fingerprint density at radius 2 is 2.11 bits per heavy atom. The first kappa shape index (κ1) is 13.5. The van der Waals surface area contributed by atoms with Crippen LogP contribution in [0.5, 0.6) is 0 Å². The highest BCUT2D eigenvalue weighted by Gasteiger charge is 2.11. The van der Waals surface area contributed by atoms with Crippen LogP contribution in [0.2, 0.25) is 0 Å². The zero-order chi connectivity index (χ0) is 13.7. The number of thiazole rings is 1. The topological polar surface area (TPSA) is 54.0 Å². The molecule has 1 atom stereocenters. The van der Waals surface area contributed by atoms with Gasteiger partial charge in [-0.05, 0) is 12.5 Å². The van der Waals surface area contributed by atoms with Crippen LogP contribution in [0.15, 0.2) is 35.7 Å². The number of hydrogen-bond acceptors (Lipinski definition) is 4. The summed E-state index contributed by atoms with van der Waals surface area (Å²) < 4.78 is 0. The first-order valence-corrected chi connectivity index (χ1v) is 7.03. The van der Waals surface area contributed by atoms with E-state index < -0.39 is 0 Å². The van der Waals surface area contributed by atoms with Crippen molar-refractivity contribution in [3.63, 3.8) is 0 Å². The molecule has 2 aromatic rings. The van der Waals surface area contributed by atoms with Crippen molar-refractivity contribution in [1.29, 1.82) is 0 Å². The van der Waals surface area contributed by atoms with Gasteiger partial charge in [-0.1, -0.05) is 30.3 Å². The smallest absolute Gasteiger partial charge is 0.226 e. The minimum atomic E-state index is -0.00990. The van der Waals surface area contributed by atoms with Crippen molar-refractivity contribution in [2.24, 2.45) is 0 Å². The molecule has 0 radical (unpaired) electrons. The fourth-order valence-electron chi connectivity index (χ4n) is 1.79. The number of rotatable bonds is 5. The normalized spacial score (nSPS) is 11.9. The molecule has 0 saturated carbocycles. The van der Waals surface area contributed by atoms with Crippen molar-refractivity contribution in [2.75, 3.05) is 12.4 Å². The van der Waals surface area contributed by atoms with Crippen LogP contribution in [0.3, 0.4) is 0 Å². The van der Waals surface area contributed by atoms with Crippen LogP contribution in [-0.2, 0) is 11.2 Å². The van der Waals surface area contributed by atoms with E-state index in [0.29, 0.717) is 6.42 Å². The zero-order valence-electron chi connectivity index (χ0n) is 11.0. The summed E-state index contributed by atoms with van der Waals surface area (Å²) in [5, 5.41) is 8.67. The van der Waals surface area contributed by atoms with E-state index in [-0.39, 0.29) is 11.9 Å². The highest BCUT2D eigenvalue weighted by Crippen LogP contribution is 2.15. The van der Waals surface area contributed by atoms with E-state index >= 15 is 0 Å². The minimum absolute atomic E-state index is 0.00990. The molecule has 0 unspecified atom stereocenters. The van der Waals surface area contributed by atoms with E-state index in [1.54, 1.807) is 0 Å². The third-order valence-corrected chi connectivity index (χ3v) is 3.69. The molecular weight excluding hydrogens is 258 g/mol. The van der Waals surface area contributed by atoms with Gasteiger partial charge in [-0.2, -0.15) is 0 Å². The molecular formula is C14H17N3OS. The molecule has 19 heavy (non-hydrogen) atoms. The van der Waals surface area contributed by atoms with E-state index in [1.807, 2.05) is 49.7 Å². The Hall–Kier alpha value is -1.88. The number of nitrogens with one attached hydrogen (secondary N) is 2. The Morgan fingerprint density at radius 1 is 1.37 bits per heavy atom. The number of carbonyl (C=O) groups is 1. The summed E-state index contributed by atoms with van der Waals surface area (Å²) in [6.45, 7) is 1.98. The lowest BCUT2D eigenvalue weighted by molar-refractivity contribution is -0.121. The second-order valence-corrected chi connectivity index (χ2v) is 5.13. The van der Waals surface area contributed by atoms with Crippen LogP contribution in [0.1, 0.15) is 24.2 Å². The number of carbonyl (C=O) groups excluding carboxylic acids is 1. The predicted octanol–water partition coefficient (Wildman–Crippen LogP) is 2.60. The molecule has 1 heterocycles. The van der Waals surface area contributed by atoms with Gasteiger partial charge in [0, 0.05) is 12.4 Å². The van der Waals surface area contributed by atoms with Gasteiger partial charge >= 0.3 is 0 Å². The molecule has 0 aliphatic heterocycles. The molecule has 1 amide bonds. The highest BCUT2D eigenvalue weighted by molar-refractivity contribution is 7.13. The SMILES string of the molecule is CNc1nc(CC(=O)N[C@@H](C)c2ccccc2)cs1. The van der Waals surface area contributed by atoms with Crippen LogP contribution in [-0.4, -0.2) is 17.9 Å². The summed E-state index contributed by atoms with van der Waals surface area (Å²) in [7, 11) is 1.82. The molecule has 0 spiro atoms. The molecule has 0 saturated heterocycles. The molecule has 4 nitrogen and oxygen atoms in total. The van der Waals surface area contributed by atoms with Crippen molar-refractivity contribution in [3.05, 3.63) is 47.0 Å². The Bertz CT molecular complexity index is 539. The molecule has 2 rings (SSSR count). The van der Waals surface area contributed by atoms with E-state index in [1.165, 1.54) is 11.3 Å². The second kappa shape index (κ2) is 6.33. The number of amides is 1. The van der Waals surface area contributed by atoms with Crippen LogP contribution >= 0.6 is 11.3 Å². The number of aromatic nitrogens is 1. The third-order valence-electron chi connectivity index (χ3n) is 2.78. The van der Waals surface area contributed by atoms with E-state index in [9.17, 15) is 4.79 Å². The largest absolute Gasteiger partial charge is 0.365 e. The summed E-state index contributed by atoms with van der Waals surface area (Å²) in [6.07, 6.45) is 0.315. The lowest BCUT2D eigenvalue weighted by atomic mass is 10.1. The van der Waals surface area contributed by atoms with Crippen molar-refractivity contribution in [2.45, 2.75) is 19.4 Å². The van der Waals surface area contributed by atoms with E-state index in [0.717, 1.165) is 16.4 Å². The first-order chi connectivity index (χ1) is 9.19. The van der Waals surface area contributed by atoms with Crippen LogP contribution in [0.4, 0.5) is 5.13 Å². The molecule has 100 valence electrons. The minimum Gasteiger partial charge on any atom is -0.365 e. The Labute approximate surface area is 116 Å². The van der Waals surface area contributed by atoms with Crippen molar-refractivity contribution in [3.8, 4) is 0 Å². The molecule has 1 aromatic carbocycles. The van der Waals surface area contributed by atoms with Crippen LogP contribution < -0.4 is 10.6 Å². The first-order valence-electron chi connectivity index (χ1n) is 6.15. The Balaban J connectivity index is 1.91. The van der Waals surface area contributed by atoms with Gasteiger partial charge in [-0.25, -0.2) is 4.98 Å². The van der Waals surface area contributed by atoms with Gasteiger partial charge in [0.15, 0.2) is 5.13 Å². The molecule has 0 aliphatic carbocycles. The fraction of sp³-hybridized carbons (Fsp3) is 0.286. The summed E-state index contributed by atoms with van der Waals surface area (Å²) in [6, 6.07) is 9.93. The number of anilines is 1. The van der Waals surface area contributed by atoms with Gasteiger partial charge in [0.1, 0.15) is 0 Å². The summed E-state index contributed by atoms with van der Waals surface area (Å²) in [4.78, 5) is 16.2. The van der Waals surface area contributed by atoms with Crippen molar-refractivity contribution in [1.82, 2.24) is 10.3 Å². The Kier molecular flexibility index (Phi) is 4.52. The molecule has 5 heteroatoms. The van der Waals surface area contributed by atoms with Crippen molar-refractivity contribution < 1.29 is 4.79 Å². The molecule has 2 N–H and O–H groups in total. The van der Waals surface area contributed by atoms with Gasteiger partial charge in [0.25, 0.3) is 0 Å². The van der Waals surface area contributed by atoms with Crippen LogP contribution in [0, 0.1) is 0 Å². The highest BCUT2D eigenvalue weighted by atomic mass is 32.1. The third kappa shape index (κ3) is 3.79. The van der Waals surface area contributed by atoms with Gasteiger partial charge in [-0.3, -0.25) is 4.79 Å². The fourth-order valence-corrected chi connectivity index (χ4v) is 2.46. The lowest BCUT2D eigenvalue weighted by Gasteiger charge is -2.13. The second-order valence-electron chi connectivity index (χ2n) is 4.27. The average Bonchev–Trinajstić information content (AvgIpc) is 2.87. The predicted molar refractivity (Wildman–Crippen MR) is 78.4 cm³/mol. The number of nitrogens with zero attached hydrogens (tertiary/aromatic N) is 1. The standard InChI is InChI=1S/C14H17N3OS/c1-10(11-6-4-3-5-7-11)16-13(18)8-12-9-19-14(15-2)17-12/h3-7,9-10H,8H2,1-2H3,(H,15,17)(H,16,18)/t10-/m0/s1. The van der Waals surface area contributed by atoms with E-state index in [2.05, 4.69) is 15.6 Å². The van der Waals surface area contributed by atoms with Gasteiger partial charge < -0.3 is 10.6 Å². The Morgan fingerprint density at radius 3 is 2.74 bits per heavy atom. The zero-order valence-corrected chi connectivity index (χ0v) is 11.8. The maximum absolute atomic E-state index is 11.9. The molecule has 1 aromatic heterocycles. The lowest BCUT2D eigenvalue weighted by Crippen LogP contribution is -2.28. The summed E-state index contributed by atoms with van der Waals surface area (Å²) >= 11 is 1.50. The average molecular weight is 275 g/mol. The monoisotopic (exact) mass is 275 g/mol. The van der Waals surface area contributed by atoms with Gasteiger partial charge in [0.2, 0.25) is 5.91 Å². The maximum atomic E-state index is 11.9. The molecule has 0 aliphatic rings. The number of hydrogen-bond donors (Lipinski definition) is 2. The summed E-state index contributed by atoms with van der Waals surface area (Å²) in [5.74, 6) is -0.00990. The summed E-state index contributed by atoms with van der Waals surface area (Å²) in [5.41, 5.74) is 1.90. The molecule has 0 bridgehead atoms. The quantitative estimate of drug-likeness (QED) is 0.882. The maximum Gasteiger partial charge on any atom is 0.226 e. The molecule has 0 fully saturated rings. The van der Waals surface area contributed by atoms with Gasteiger partial charge in [-0.15, -0.1) is 11.3 Å². The number of benzene rings is 1. The van der Waals surface area contributed by atoms with Crippen molar-refractivity contribution >= 4 is 22.4 Å².